The molecule has 3 rings (SSSR count). The molecule has 6 nitrogen and oxygen atoms in total. The fourth-order valence-electron chi connectivity index (χ4n) is 4.11. The zero-order chi connectivity index (χ0) is 16.3. The molecule has 7 heteroatoms. The minimum atomic E-state index is -3.08. The Morgan fingerprint density at radius 2 is 1.96 bits per heavy atom. The van der Waals surface area contributed by atoms with Crippen LogP contribution >= 0.6 is 0 Å². The number of carbonyl (C=O) groups excluding carboxylic acids is 1. The smallest absolute Gasteiger partial charge is 0.234 e. The number of sulfone groups is 1. The van der Waals surface area contributed by atoms with Crippen LogP contribution in [0.4, 0.5) is 0 Å². The molecule has 2 heterocycles. The summed E-state index contributed by atoms with van der Waals surface area (Å²) in [4.78, 5) is 14.3. The number of rotatable bonds is 4. The molecule has 2 atom stereocenters. The summed E-state index contributed by atoms with van der Waals surface area (Å²) >= 11 is 0. The summed E-state index contributed by atoms with van der Waals surface area (Å²) in [6, 6.07) is -0.0667. The van der Waals surface area contributed by atoms with Crippen LogP contribution < -0.4 is 5.32 Å². The highest BCUT2D eigenvalue weighted by atomic mass is 32.2. The maximum absolute atomic E-state index is 12.3. The SMILES string of the molecule is O=C(CN1CCS(=O)(=O)C2COCCC21)NCC1CCCCC1. The fraction of sp³-hybridized carbons (Fsp3) is 0.938. The number of hydrogen-bond acceptors (Lipinski definition) is 5. The molecule has 0 aromatic heterocycles. The van der Waals surface area contributed by atoms with Crippen LogP contribution in [-0.4, -0.2) is 69.1 Å². The Morgan fingerprint density at radius 1 is 1.17 bits per heavy atom. The molecule has 2 saturated heterocycles. The molecule has 1 amide bonds. The quantitative estimate of drug-likeness (QED) is 0.807. The van der Waals surface area contributed by atoms with Crippen LogP contribution in [0.5, 0.6) is 0 Å². The number of fused-ring (bicyclic) bond motifs is 1. The van der Waals surface area contributed by atoms with Gasteiger partial charge in [-0.05, 0) is 25.2 Å². The molecule has 0 spiro atoms. The standard InChI is InChI=1S/C16H28N2O4S/c19-16(17-10-13-4-2-1-3-5-13)11-18-7-9-23(20,21)15-12-22-8-6-14(15)18/h13-15H,1-12H2,(H,17,19). The van der Waals surface area contributed by atoms with E-state index in [1.165, 1.54) is 32.1 Å². The third kappa shape index (κ3) is 4.25. The molecule has 132 valence electrons. The first kappa shape index (κ1) is 17.2. The first-order valence-corrected chi connectivity index (χ1v) is 10.6. The Labute approximate surface area is 138 Å². The minimum absolute atomic E-state index is 0.0279. The van der Waals surface area contributed by atoms with E-state index in [2.05, 4.69) is 5.32 Å². The van der Waals surface area contributed by atoms with Crippen molar-refractivity contribution in [2.75, 3.05) is 38.6 Å². The van der Waals surface area contributed by atoms with Gasteiger partial charge in [-0.1, -0.05) is 19.3 Å². The first-order valence-electron chi connectivity index (χ1n) is 8.86. The summed E-state index contributed by atoms with van der Waals surface area (Å²) in [7, 11) is -3.08. The van der Waals surface area contributed by atoms with E-state index in [0.29, 0.717) is 32.0 Å². The lowest BCUT2D eigenvalue weighted by atomic mass is 9.89. The predicted molar refractivity (Wildman–Crippen MR) is 88.0 cm³/mol. The molecule has 1 aliphatic carbocycles. The van der Waals surface area contributed by atoms with Crippen LogP contribution in [0.25, 0.3) is 0 Å². The van der Waals surface area contributed by atoms with Crippen molar-refractivity contribution >= 4 is 15.7 Å². The maximum atomic E-state index is 12.3. The summed E-state index contributed by atoms with van der Waals surface area (Å²) in [6.45, 7) is 2.38. The van der Waals surface area contributed by atoms with Crippen LogP contribution in [-0.2, 0) is 19.4 Å². The largest absolute Gasteiger partial charge is 0.380 e. The van der Waals surface area contributed by atoms with E-state index in [1.54, 1.807) is 0 Å². The van der Waals surface area contributed by atoms with Crippen LogP contribution in [0.2, 0.25) is 0 Å². The average molecular weight is 344 g/mol. The van der Waals surface area contributed by atoms with Gasteiger partial charge < -0.3 is 10.1 Å². The Balaban J connectivity index is 1.51. The predicted octanol–water partition coefficient (Wildman–Crippen LogP) is 0.571. The Hall–Kier alpha value is -0.660. The number of hydrogen-bond donors (Lipinski definition) is 1. The molecule has 2 unspecified atom stereocenters. The van der Waals surface area contributed by atoms with Gasteiger partial charge in [0.15, 0.2) is 9.84 Å². The van der Waals surface area contributed by atoms with Crippen molar-refractivity contribution in [2.45, 2.75) is 49.8 Å². The normalized spacial score (nSPS) is 32.2. The minimum Gasteiger partial charge on any atom is -0.380 e. The lowest BCUT2D eigenvalue weighted by Crippen LogP contribution is -2.60. The molecular formula is C16H28N2O4S. The Bertz CT molecular complexity index is 516. The summed E-state index contributed by atoms with van der Waals surface area (Å²) in [5, 5.41) is 2.59. The molecule has 0 aromatic carbocycles. The van der Waals surface area contributed by atoms with Crippen LogP contribution in [0, 0.1) is 5.92 Å². The van der Waals surface area contributed by atoms with Crippen molar-refractivity contribution in [3.8, 4) is 0 Å². The van der Waals surface area contributed by atoms with Crippen molar-refractivity contribution in [2.24, 2.45) is 5.92 Å². The van der Waals surface area contributed by atoms with Gasteiger partial charge in [0.1, 0.15) is 5.25 Å². The molecule has 23 heavy (non-hydrogen) atoms. The average Bonchev–Trinajstić information content (AvgIpc) is 2.57. The fourth-order valence-corrected chi connectivity index (χ4v) is 5.99. The molecular weight excluding hydrogens is 316 g/mol. The second-order valence-electron chi connectivity index (χ2n) is 7.11. The van der Waals surface area contributed by atoms with E-state index < -0.39 is 15.1 Å². The van der Waals surface area contributed by atoms with Crippen LogP contribution in [0.3, 0.4) is 0 Å². The molecule has 1 saturated carbocycles. The third-order valence-electron chi connectivity index (χ3n) is 5.52. The first-order chi connectivity index (χ1) is 11.1. The van der Waals surface area contributed by atoms with Gasteiger partial charge in [-0.2, -0.15) is 0 Å². The van der Waals surface area contributed by atoms with Gasteiger partial charge in [-0.15, -0.1) is 0 Å². The summed E-state index contributed by atoms with van der Waals surface area (Å²) in [6.07, 6.45) is 6.98. The van der Waals surface area contributed by atoms with Crippen LogP contribution in [0.15, 0.2) is 0 Å². The number of carbonyl (C=O) groups is 1. The van der Waals surface area contributed by atoms with Crippen molar-refractivity contribution < 1.29 is 17.9 Å². The summed E-state index contributed by atoms with van der Waals surface area (Å²) in [5.41, 5.74) is 0. The Morgan fingerprint density at radius 3 is 2.74 bits per heavy atom. The Kier molecular flexibility index (Phi) is 5.59. The van der Waals surface area contributed by atoms with Gasteiger partial charge in [-0.25, -0.2) is 8.42 Å². The third-order valence-corrected chi connectivity index (χ3v) is 7.65. The van der Waals surface area contributed by atoms with Crippen molar-refractivity contribution in [3.05, 3.63) is 0 Å². The van der Waals surface area contributed by atoms with Gasteiger partial charge in [-0.3, -0.25) is 9.69 Å². The van der Waals surface area contributed by atoms with E-state index in [1.807, 2.05) is 4.90 Å². The van der Waals surface area contributed by atoms with Gasteiger partial charge >= 0.3 is 0 Å². The number of nitrogens with zero attached hydrogens (tertiary/aromatic N) is 1. The zero-order valence-electron chi connectivity index (χ0n) is 13.7. The van der Waals surface area contributed by atoms with E-state index in [4.69, 9.17) is 4.74 Å². The summed E-state index contributed by atoms with van der Waals surface area (Å²) < 4.78 is 29.7. The van der Waals surface area contributed by atoms with Crippen molar-refractivity contribution in [1.82, 2.24) is 10.2 Å². The molecule has 0 bridgehead atoms. The molecule has 2 aliphatic heterocycles. The van der Waals surface area contributed by atoms with Gasteiger partial charge in [0, 0.05) is 25.7 Å². The number of amides is 1. The monoisotopic (exact) mass is 344 g/mol. The van der Waals surface area contributed by atoms with Gasteiger partial charge in [0.25, 0.3) is 0 Å². The topological polar surface area (TPSA) is 75.7 Å². The van der Waals surface area contributed by atoms with E-state index >= 15 is 0 Å². The maximum Gasteiger partial charge on any atom is 0.234 e. The van der Waals surface area contributed by atoms with Gasteiger partial charge in [0.2, 0.25) is 5.91 Å². The van der Waals surface area contributed by atoms with Gasteiger partial charge in [0.05, 0.1) is 18.9 Å². The molecule has 3 fully saturated rings. The lowest BCUT2D eigenvalue weighted by Gasteiger charge is -2.42. The summed E-state index contributed by atoms with van der Waals surface area (Å²) in [5.74, 6) is 0.776. The lowest BCUT2D eigenvalue weighted by molar-refractivity contribution is -0.123. The van der Waals surface area contributed by atoms with Crippen molar-refractivity contribution in [1.29, 1.82) is 0 Å². The molecule has 3 aliphatic rings. The highest BCUT2D eigenvalue weighted by molar-refractivity contribution is 7.92. The molecule has 0 aromatic rings. The van der Waals surface area contributed by atoms with E-state index in [0.717, 1.165) is 6.54 Å². The highest BCUT2D eigenvalue weighted by Gasteiger charge is 2.43. The number of nitrogens with one attached hydrogen (secondary N) is 1. The zero-order valence-corrected chi connectivity index (χ0v) is 14.5. The highest BCUT2D eigenvalue weighted by Crippen LogP contribution is 2.26. The molecule has 0 radical (unpaired) electrons. The second-order valence-corrected chi connectivity index (χ2v) is 9.45. The number of ether oxygens (including phenoxy) is 1. The second kappa shape index (κ2) is 7.49. The van der Waals surface area contributed by atoms with E-state index in [-0.39, 0.29) is 24.3 Å². The molecule has 1 N–H and O–H groups in total. The van der Waals surface area contributed by atoms with Crippen LogP contribution in [0.1, 0.15) is 38.5 Å². The van der Waals surface area contributed by atoms with E-state index in [9.17, 15) is 13.2 Å². The van der Waals surface area contributed by atoms with Crippen molar-refractivity contribution in [3.63, 3.8) is 0 Å².